The molecule has 0 aliphatic heterocycles. The highest BCUT2D eigenvalue weighted by Crippen LogP contribution is 2.18. The van der Waals surface area contributed by atoms with E-state index < -0.39 is 0 Å². The summed E-state index contributed by atoms with van der Waals surface area (Å²) in [6.07, 6.45) is 2.45. The number of nitrogens with zero attached hydrogens (tertiary/aromatic N) is 1. The van der Waals surface area contributed by atoms with E-state index in [0.29, 0.717) is 0 Å². The Morgan fingerprint density at radius 3 is 2.47 bits per heavy atom. The molecule has 0 spiro atoms. The minimum Gasteiger partial charge on any atom is -0.497 e. The van der Waals surface area contributed by atoms with Crippen molar-refractivity contribution in [3.05, 3.63) is 24.3 Å². The average Bonchev–Trinajstić information content (AvgIpc) is 2.38. The van der Waals surface area contributed by atoms with Crippen LogP contribution < -0.4 is 15.0 Å². The zero-order chi connectivity index (χ0) is 12.5. The largest absolute Gasteiger partial charge is 0.497 e. The quantitative estimate of drug-likeness (QED) is 0.702. The summed E-state index contributed by atoms with van der Waals surface area (Å²) in [7, 11) is 3.83. The molecule has 0 bridgehead atoms. The first-order valence-corrected chi connectivity index (χ1v) is 6.34. The van der Waals surface area contributed by atoms with Gasteiger partial charge in [-0.1, -0.05) is 6.92 Å². The summed E-state index contributed by atoms with van der Waals surface area (Å²) in [5.74, 6) is 0.911. The Bertz CT molecular complexity index is 298. The van der Waals surface area contributed by atoms with E-state index in [1.165, 1.54) is 18.5 Å². The molecule has 0 heterocycles. The van der Waals surface area contributed by atoms with E-state index in [4.69, 9.17) is 4.74 Å². The van der Waals surface area contributed by atoms with Crippen molar-refractivity contribution in [3.63, 3.8) is 0 Å². The molecule has 3 heteroatoms. The summed E-state index contributed by atoms with van der Waals surface area (Å²) < 4.78 is 5.15. The second-order valence-corrected chi connectivity index (χ2v) is 4.18. The first kappa shape index (κ1) is 13.8. The van der Waals surface area contributed by atoms with Crippen molar-refractivity contribution in [2.45, 2.75) is 19.8 Å². The number of ether oxygens (including phenoxy) is 1. The predicted molar refractivity (Wildman–Crippen MR) is 74.0 cm³/mol. The number of hydrogen-bond donors (Lipinski definition) is 1. The van der Waals surface area contributed by atoms with Crippen LogP contribution in [-0.4, -0.2) is 33.8 Å². The molecule has 0 aliphatic carbocycles. The van der Waals surface area contributed by atoms with Gasteiger partial charge in [0.1, 0.15) is 5.75 Å². The molecule has 0 atom stereocenters. The van der Waals surface area contributed by atoms with Crippen LogP contribution >= 0.6 is 0 Å². The molecule has 0 radical (unpaired) electrons. The zero-order valence-corrected chi connectivity index (χ0v) is 11.2. The lowest BCUT2D eigenvalue weighted by atomic mass is 10.2. The molecule has 1 rings (SSSR count). The number of benzene rings is 1. The van der Waals surface area contributed by atoms with Gasteiger partial charge in [-0.05, 0) is 50.2 Å². The SMILES string of the molecule is CCNCCCCN(C)c1ccc(OC)cc1. The normalized spacial score (nSPS) is 10.3. The van der Waals surface area contributed by atoms with E-state index in [2.05, 4.69) is 36.3 Å². The van der Waals surface area contributed by atoms with E-state index in [9.17, 15) is 0 Å². The van der Waals surface area contributed by atoms with E-state index >= 15 is 0 Å². The van der Waals surface area contributed by atoms with Crippen LogP contribution in [0.5, 0.6) is 5.75 Å². The van der Waals surface area contributed by atoms with Crippen molar-refractivity contribution in [2.24, 2.45) is 0 Å². The Labute approximate surface area is 105 Å². The first-order valence-electron chi connectivity index (χ1n) is 6.34. The van der Waals surface area contributed by atoms with Crippen LogP contribution in [0.2, 0.25) is 0 Å². The molecule has 1 aromatic carbocycles. The molecule has 1 aromatic rings. The lowest BCUT2D eigenvalue weighted by Crippen LogP contribution is -2.20. The van der Waals surface area contributed by atoms with Crippen molar-refractivity contribution in [1.29, 1.82) is 0 Å². The lowest BCUT2D eigenvalue weighted by molar-refractivity contribution is 0.415. The van der Waals surface area contributed by atoms with E-state index in [0.717, 1.165) is 25.4 Å². The van der Waals surface area contributed by atoms with Crippen LogP contribution in [0.3, 0.4) is 0 Å². The minimum atomic E-state index is 0.911. The van der Waals surface area contributed by atoms with Crippen molar-refractivity contribution in [1.82, 2.24) is 5.32 Å². The van der Waals surface area contributed by atoms with Gasteiger partial charge in [0.25, 0.3) is 0 Å². The molecule has 0 amide bonds. The fraction of sp³-hybridized carbons (Fsp3) is 0.571. The van der Waals surface area contributed by atoms with Gasteiger partial charge in [0.2, 0.25) is 0 Å². The summed E-state index contributed by atoms with van der Waals surface area (Å²) in [4.78, 5) is 2.28. The summed E-state index contributed by atoms with van der Waals surface area (Å²) in [6.45, 7) is 5.42. The van der Waals surface area contributed by atoms with Crippen LogP contribution in [0.1, 0.15) is 19.8 Å². The Morgan fingerprint density at radius 2 is 1.88 bits per heavy atom. The number of rotatable bonds is 8. The average molecular weight is 236 g/mol. The van der Waals surface area contributed by atoms with Gasteiger partial charge in [-0.3, -0.25) is 0 Å². The fourth-order valence-corrected chi connectivity index (χ4v) is 1.74. The molecule has 0 aliphatic rings. The zero-order valence-electron chi connectivity index (χ0n) is 11.2. The Hall–Kier alpha value is -1.22. The summed E-state index contributed by atoms with van der Waals surface area (Å²) in [5.41, 5.74) is 1.24. The smallest absolute Gasteiger partial charge is 0.119 e. The third-order valence-electron chi connectivity index (χ3n) is 2.86. The molecule has 0 fully saturated rings. The lowest BCUT2D eigenvalue weighted by Gasteiger charge is -2.19. The topological polar surface area (TPSA) is 24.5 Å². The molecule has 17 heavy (non-hydrogen) atoms. The van der Waals surface area contributed by atoms with E-state index in [-0.39, 0.29) is 0 Å². The van der Waals surface area contributed by atoms with E-state index in [1.807, 2.05) is 12.1 Å². The first-order chi connectivity index (χ1) is 8.27. The van der Waals surface area contributed by atoms with Gasteiger partial charge < -0.3 is 15.0 Å². The van der Waals surface area contributed by atoms with Gasteiger partial charge in [0.15, 0.2) is 0 Å². The maximum atomic E-state index is 5.15. The van der Waals surface area contributed by atoms with Crippen LogP contribution in [-0.2, 0) is 0 Å². The second-order valence-electron chi connectivity index (χ2n) is 4.18. The van der Waals surface area contributed by atoms with E-state index in [1.54, 1.807) is 7.11 Å². The minimum absolute atomic E-state index is 0.911. The number of hydrogen-bond acceptors (Lipinski definition) is 3. The van der Waals surface area contributed by atoms with Gasteiger partial charge >= 0.3 is 0 Å². The van der Waals surface area contributed by atoms with Crippen LogP contribution in [0.25, 0.3) is 0 Å². The number of methoxy groups -OCH3 is 1. The van der Waals surface area contributed by atoms with Gasteiger partial charge in [0, 0.05) is 19.3 Å². The van der Waals surface area contributed by atoms with Gasteiger partial charge in [-0.25, -0.2) is 0 Å². The number of nitrogens with one attached hydrogen (secondary N) is 1. The Balaban J connectivity index is 2.28. The molecule has 0 unspecified atom stereocenters. The predicted octanol–water partition coefficient (Wildman–Crippen LogP) is 2.52. The molecular weight excluding hydrogens is 212 g/mol. The number of anilines is 1. The van der Waals surface area contributed by atoms with Gasteiger partial charge in [0.05, 0.1) is 7.11 Å². The van der Waals surface area contributed by atoms with Crippen LogP contribution in [0, 0.1) is 0 Å². The Kier molecular flexibility index (Phi) is 6.48. The number of unbranched alkanes of at least 4 members (excludes halogenated alkanes) is 1. The standard InChI is InChI=1S/C14H24N2O/c1-4-15-11-5-6-12-16(2)13-7-9-14(17-3)10-8-13/h7-10,15H,4-6,11-12H2,1-3H3. The van der Waals surface area contributed by atoms with Crippen LogP contribution in [0.15, 0.2) is 24.3 Å². The molecule has 96 valence electrons. The van der Waals surface area contributed by atoms with Gasteiger partial charge in [-0.15, -0.1) is 0 Å². The van der Waals surface area contributed by atoms with Crippen molar-refractivity contribution in [2.75, 3.05) is 38.7 Å². The van der Waals surface area contributed by atoms with Crippen molar-refractivity contribution >= 4 is 5.69 Å². The van der Waals surface area contributed by atoms with Gasteiger partial charge in [-0.2, -0.15) is 0 Å². The third-order valence-corrected chi connectivity index (χ3v) is 2.86. The highest BCUT2D eigenvalue weighted by atomic mass is 16.5. The molecular formula is C14H24N2O. The second kappa shape index (κ2) is 7.96. The third kappa shape index (κ3) is 5.09. The highest BCUT2D eigenvalue weighted by molar-refractivity contribution is 5.48. The summed E-state index contributed by atoms with van der Waals surface area (Å²) in [5, 5.41) is 3.34. The summed E-state index contributed by atoms with van der Waals surface area (Å²) >= 11 is 0. The molecule has 0 aromatic heterocycles. The maximum Gasteiger partial charge on any atom is 0.119 e. The molecule has 3 nitrogen and oxygen atoms in total. The summed E-state index contributed by atoms with van der Waals surface area (Å²) in [6, 6.07) is 8.21. The fourth-order valence-electron chi connectivity index (χ4n) is 1.74. The molecule has 1 N–H and O–H groups in total. The monoisotopic (exact) mass is 236 g/mol. The van der Waals surface area contributed by atoms with Crippen molar-refractivity contribution in [3.8, 4) is 5.75 Å². The Morgan fingerprint density at radius 1 is 1.18 bits per heavy atom. The highest BCUT2D eigenvalue weighted by Gasteiger charge is 2.00. The van der Waals surface area contributed by atoms with Crippen molar-refractivity contribution < 1.29 is 4.74 Å². The molecule has 0 saturated heterocycles. The maximum absolute atomic E-state index is 5.15. The molecule has 0 saturated carbocycles. The van der Waals surface area contributed by atoms with Crippen LogP contribution in [0.4, 0.5) is 5.69 Å².